The minimum Gasteiger partial charge on any atom is -0.396 e. The van der Waals surface area contributed by atoms with Crippen molar-refractivity contribution in [2.75, 3.05) is 23.7 Å². The van der Waals surface area contributed by atoms with Crippen LogP contribution >= 0.6 is 0 Å². The molecule has 1 aliphatic rings. The van der Waals surface area contributed by atoms with Gasteiger partial charge in [-0.25, -0.2) is 0 Å². The summed E-state index contributed by atoms with van der Waals surface area (Å²) < 4.78 is 2.10. The monoisotopic (exact) mass is 232 g/mol. The van der Waals surface area contributed by atoms with Crippen molar-refractivity contribution in [3.05, 3.63) is 11.8 Å². The van der Waals surface area contributed by atoms with E-state index in [0.29, 0.717) is 11.7 Å². The zero-order valence-corrected chi connectivity index (χ0v) is 10.6. The number of rotatable bonds is 3. The van der Waals surface area contributed by atoms with Crippen molar-refractivity contribution < 1.29 is 0 Å². The maximum atomic E-state index is 9.20. The van der Waals surface area contributed by atoms with E-state index in [1.165, 1.54) is 12.8 Å². The van der Waals surface area contributed by atoms with Crippen LogP contribution in [-0.4, -0.2) is 17.7 Å². The van der Waals surface area contributed by atoms with Crippen LogP contribution in [0.25, 0.3) is 0 Å². The molecule has 2 heterocycles. The van der Waals surface area contributed by atoms with Crippen molar-refractivity contribution in [3.8, 4) is 6.07 Å². The van der Waals surface area contributed by atoms with Crippen LogP contribution in [0.5, 0.6) is 0 Å². The number of aromatic nitrogens is 1. The molecule has 0 bridgehead atoms. The van der Waals surface area contributed by atoms with Gasteiger partial charge in [0, 0.05) is 19.1 Å². The summed E-state index contributed by atoms with van der Waals surface area (Å²) >= 11 is 0. The average Bonchev–Trinajstić information content (AvgIpc) is 2.94. The predicted octanol–water partition coefficient (Wildman–Crippen LogP) is 2.51. The summed E-state index contributed by atoms with van der Waals surface area (Å²) in [7, 11) is 0. The minimum atomic E-state index is 0.317. The SMILES string of the molecule is CC[C@@H](C)n1c(C#N)cc(N)c1N1CCCC1. The summed E-state index contributed by atoms with van der Waals surface area (Å²) in [5.41, 5.74) is 7.50. The third-order valence-electron chi connectivity index (χ3n) is 3.59. The van der Waals surface area contributed by atoms with E-state index in [2.05, 4.69) is 29.4 Å². The summed E-state index contributed by atoms with van der Waals surface area (Å²) in [6.45, 7) is 6.38. The molecule has 1 aromatic rings. The molecule has 0 aliphatic carbocycles. The van der Waals surface area contributed by atoms with E-state index in [-0.39, 0.29) is 0 Å². The van der Waals surface area contributed by atoms with Gasteiger partial charge in [-0.15, -0.1) is 0 Å². The van der Waals surface area contributed by atoms with E-state index in [9.17, 15) is 5.26 Å². The first-order valence-corrected chi connectivity index (χ1v) is 6.34. The summed E-state index contributed by atoms with van der Waals surface area (Å²) in [5, 5.41) is 9.20. The zero-order valence-electron chi connectivity index (χ0n) is 10.6. The van der Waals surface area contributed by atoms with E-state index in [1.807, 2.05) is 0 Å². The van der Waals surface area contributed by atoms with Crippen molar-refractivity contribution in [2.45, 2.75) is 39.2 Å². The van der Waals surface area contributed by atoms with Crippen LogP contribution in [0.4, 0.5) is 11.5 Å². The average molecular weight is 232 g/mol. The molecule has 0 unspecified atom stereocenters. The second-order valence-electron chi connectivity index (χ2n) is 4.74. The van der Waals surface area contributed by atoms with E-state index in [1.54, 1.807) is 6.07 Å². The van der Waals surface area contributed by atoms with Crippen LogP contribution in [0.3, 0.4) is 0 Å². The molecule has 0 radical (unpaired) electrons. The largest absolute Gasteiger partial charge is 0.396 e. The van der Waals surface area contributed by atoms with Crippen molar-refractivity contribution in [1.82, 2.24) is 4.57 Å². The van der Waals surface area contributed by atoms with E-state index in [0.717, 1.165) is 31.0 Å². The minimum absolute atomic E-state index is 0.317. The lowest BCUT2D eigenvalue weighted by atomic mass is 10.2. The molecule has 0 amide bonds. The molecular weight excluding hydrogens is 212 g/mol. The summed E-state index contributed by atoms with van der Waals surface area (Å²) in [4.78, 5) is 2.31. The van der Waals surface area contributed by atoms with Gasteiger partial charge in [0.1, 0.15) is 17.6 Å². The summed E-state index contributed by atoms with van der Waals surface area (Å²) in [6.07, 6.45) is 3.43. The van der Waals surface area contributed by atoms with Gasteiger partial charge in [-0.1, -0.05) is 6.92 Å². The van der Waals surface area contributed by atoms with Gasteiger partial charge in [-0.2, -0.15) is 5.26 Å². The van der Waals surface area contributed by atoms with Crippen LogP contribution in [0.1, 0.15) is 44.8 Å². The fraction of sp³-hybridized carbons (Fsp3) is 0.615. The lowest BCUT2D eigenvalue weighted by Crippen LogP contribution is -2.24. The van der Waals surface area contributed by atoms with Crippen molar-refractivity contribution in [2.24, 2.45) is 0 Å². The van der Waals surface area contributed by atoms with Crippen LogP contribution < -0.4 is 10.6 Å². The highest BCUT2D eigenvalue weighted by atomic mass is 15.3. The van der Waals surface area contributed by atoms with Gasteiger partial charge in [-0.05, 0) is 32.3 Å². The van der Waals surface area contributed by atoms with E-state index in [4.69, 9.17) is 5.73 Å². The fourth-order valence-electron chi connectivity index (χ4n) is 2.51. The number of hydrogen-bond acceptors (Lipinski definition) is 3. The van der Waals surface area contributed by atoms with Crippen LogP contribution in [0.2, 0.25) is 0 Å². The third-order valence-corrected chi connectivity index (χ3v) is 3.59. The van der Waals surface area contributed by atoms with E-state index >= 15 is 0 Å². The van der Waals surface area contributed by atoms with Crippen LogP contribution in [0.15, 0.2) is 6.07 Å². The normalized spacial score (nSPS) is 17.1. The highest BCUT2D eigenvalue weighted by molar-refractivity contribution is 5.68. The van der Waals surface area contributed by atoms with Crippen LogP contribution in [-0.2, 0) is 0 Å². The lowest BCUT2D eigenvalue weighted by molar-refractivity contribution is 0.526. The number of nitrogen functional groups attached to an aromatic ring is 1. The van der Waals surface area contributed by atoms with Gasteiger partial charge in [0.05, 0.1) is 5.69 Å². The maximum absolute atomic E-state index is 9.20. The van der Waals surface area contributed by atoms with Gasteiger partial charge in [0.2, 0.25) is 0 Å². The molecule has 92 valence electrons. The molecule has 1 atom stereocenters. The van der Waals surface area contributed by atoms with Crippen LogP contribution in [0, 0.1) is 11.3 Å². The Hall–Kier alpha value is -1.63. The molecule has 0 saturated carbocycles. The number of nitrogens with two attached hydrogens (primary N) is 1. The molecule has 2 rings (SSSR count). The number of hydrogen-bond donors (Lipinski definition) is 1. The number of nitriles is 1. The Labute approximate surface area is 103 Å². The molecule has 2 N–H and O–H groups in total. The van der Waals surface area contributed by atoms with Crippen molar-refractivity contribution in [3.63, 3.8) is 0 Å². The second-order valence-corrected chi connectivity index (χ2v) is 4.74. The Balaban J connectivity index is 2.48. The highest BCUT2D eigenvalue weighted by Crippen LogP contribution is 2.34. The molecular formula is C13H20N4. The number of anilines is 2. The standard InChI is InChI=1S/C13H20N4/c1-3-10(2)17-11(9-14)8-12(15)13(17)16-6-4-5-7-16/h8,10H,3-7,15H2,1-2H3/t10-/m1/s1. The smallest absolute Gasteiger partial charge is 0.133 e. The molecule has 17 heavy (non-hydrogen) atoms. The molecule has 1 aromatic heterocycles. The highest BCUT2D eigenvalue weighted by Gasteiger charge is 2.23. The molecule has 1 saturated heterocycles. The summed E-state index contributed by atoms with van der Waals surface area (Å²) in [5.74, 6) is 1.05. The first-order chi connectivity index (χ1) is 8.19. The van der Waals surface area contributed by atoms with Gasteiger partial charge >= 0.3 is 0 Å². The Morgan fingerprint density at radius 2 is 2.12 bits per heavy atom. The zero-order chi connectivity index (χ0) is 12.4. The summed E-state index contributed by atoms with van der Waals surface area (Å²) in [6, 6.07) is 4.37. The molecule has 0 aromatic carbocycles. The Kier molecular flexibility index (Phi) is 3.28. The Morgan fingerprint density at radius 3 is 2.65 bits per heavy atom. The molecule has 4 heteroatoms. The maximum Gasteiger partial charge on any atom is 0.133 e. The lowest BCUT2D eigenvalue weighted by Gasteiger charge is -2.24. The van der Waals surface area contributed by atoms with Crippen molar-refractivity contribution >= 4 is 11.5 Å². The Bertz CT molecular complexity index is 435. The molecule has 4 nitrogen and oxygen atoms in total. The number of nitrogens with zero attached hydrogens (tertiary/aromatic N) is 3. The Morgan fingerprint density at radius 1 is 1.47 bits per heavy atom. The second kappa shape index (κ2) is 4.70. The molecule has 1 fully saturated rings. The van der Waals surface area contributed by atoms with Gasteiger partial charge in [0.15, 0.2) is 0 Å². The third kappa shape index (κ3) is 1.97. The van der Waals surface area contributed by atoms with Gasteiger partial charge in [0.25, 0.3) is 0 Å². The molecule has 0 spiro atoms. The quantitative estimate of drug-likeness (QED) is 0.871. The van der Waals surface area contributed by atoms with E-state index < -0.39 is 0 Å². The first kappa shape index (κ1) is 11.8. The van der Waals surface area contributed by atoms with Crippen molar-refractivity contribution in [1.29, 1.82) is 5.26 Å². The van der Waals surface area contributed by atoms with Gasteiger partial charge < -0.3 is 15.2 Å². The predicted molar refractivity (Wildman–Crippen MR) is 70.0 cm³/mol. The molecule has 1 aliphatic heterocycles. The fourth-order valence-corrected chi connectivity index (χ4v) is 2.51. The topological polar surface area (TPSA) is 58.0 Å². The first-order valence-electron chi connectivity index (χ1n) is 6.34. The van der Waals surface area contributed by atoms with Gasteiger partial charge in [-0.3, -0.25) is 0 Å².